The van der Waals surface area contributed by atoms with Crippen molar-refractivity contribution in [3.63, 3.8) is 0 Å². The molecule has 0 bridgehead atoms. The highest BCUT2D eigenvalue weighted by Crippen LogP contribution is 2.42. The summed E-state index contributed by atoms with van der Waals surface area (Å²) in [7, 11) is 0. The van der Waals surface area contributed by atoms with Gasteiger partial charge in [0.1, 0.15) is 0 Å². The van der Waals surface area contributed by atoms with Gasteiger partial charge in [-0.05, 0) is 36.3 Å². The monoisotopic (exact) mass is 357 g/mol. The van der Waals surface area contributed by atoms with Gasteiger partial charge in [0.05, 0.1) is 11.3 Å². The third kappa shape index (κ3) is 3.69. The quantitative estimate of drug-likeness (QED) is 0.579. The molecule has 3 rings (SSSR count). The van der Waals surface area contributed by atoms with E-state index >= 15 is 0 Å². The van der Waals surface area contributed by atoms with Crippen LogP contribution in [0.3, 0.4) is 0 Å². The second-order valence-electron chi connectivity index (χ2n) is 6.22. The van der Waals surface area contributed by atoms with Crippen LogP contribution in [0.4, 0.5) is 0 Å². The number of hydrogen-bond acceptors (Lipinski definition) is 4. The molecule has 2 unspecified atom stereocenters. The molecule has 0 spiro atoms. The fourth-order valence-electron chi connectivity index (χ4n) is 3.22. The number of aryl methyl sites for hydroxylation is 1. The minimum Gasteiger partial charge on any atom is -0.481 e. The van der Waals surface area contributed by atoms with Gasteiger partial charge in [0.25, 0.3) is 0 Å². The molecule has 2 atom stereocenters. The Morgan fingerprint density at radius 1 is 1.20 bits per heavy atom. The summed E-state index contributed by atoms with van der Waals surface area (Å²) in [6.45, 7) is 0. The Bertz CT molecular complexity index is 753. The fraction of sp³-hybridized carbons (Fsp3) is 0.316. The second kappa shape index (κ2) is 7.27. The van der Waals surface area contributed by atoms with Crippen LogP contribution in [-0.2, 0) is 20.8 Å². The first-order valence-electron chi connectivity index (χ1n) is 8.16. The van der Waals surface area contributed by atoms with Gasteiger partial charge in [-0.2, -0.15) is 0 Å². The largest absolute Gasteiger partial charge is 0.481 e. The average molecular weight is 357 g/mol. The topological polar surface area (TPSA) is 83.5 Å². The van der Waals surface area contributed by atoms with Gasteiger partial charge in [-0.15, -0.1) is 11.8 Å². The Labute approximate surface area is 150 Å². The van der Waals surface area contributed by atoms with Crippen LogP contribution in [0.1, 0.15) is 18.4 Å². The lowest BCUT2D eigenvalue weighted by atomic mass is 9.72. The van der Waals surface area contributed by atoms with Crippen LogP contribution in [0, 0.1) is 11.3 Å². The molecule has 2 aliphatic rings. The molecule has 1 heterocycles. The number of aliphatic carboxylic acids is 1. The molecule has 1 fully saturated rings. The number of benzene rings is 1. The predicted octanol–water partition coefficient (Wildman–Crippen LogP) is 2.57. The Kier molecular flexibility index (Phi) is 5.08. The number of carbonyl (C=O) groups excluding carboxylic acids is 2. The summed E-state index contributed by atoms with van der Waals surface area (Å²) >= 11 is 1.63. The SMILES string of the molecule is O=C(O)CCc1ccc(SCCC23C=CC=CC2C(=O)NC3=O)cc1. The molecule has 0 saturated carbocycles. The summed E-state index contributed by atoms with van der Waals surface area (Å²) in [5, 5.41) is 11.2. The van der Waals surface area contributed by atoms with E-state index in [1.165, 1.54) is 0 Å². The number of nitrogens with one attached hydrogen (secondary N) is 1. The van der Waals surface area contributed by atoms with Crippen molar-refractivity contribution in [2.45, 2.75) is 24.2 Å². The summed E-state index contributed by atoms with van der Waals surface area (Å²) in [4.78, 5) is 35.9. The molecular weight excluding hydrogens is 338 g/mol. The van der Waals surface area contributed by atoms with Crippen molar-refractivity contribution < 1.29 is 19.5 Å². The van der Waals surface area contributed by atoms with Gasteiger partial charge in [-0.25, -0.2) is 0 Å². The van der Waals surface area contributed by atoms with E-state index in [1.807, 2.05) is 42.5 Å². The van der Waals surface area contributed by atoms with E-state index in [-0.39, 0.29) is 18.2 Å². The van der Waals surface area contributed by atoms with Crippen LogP contribution in [0.15, 0.2) is 53.5 Å². The first-order chi connectivity index (χ1) is 12.0. The van der Waals surface area contributed by atoms with Gasteiger partial charge in [0.2, 0.25) is 11.8 Å². The molecule has 130 valence electrons. The zero-order chi connectivity index (χ0) is 17.9. The van der Waals surface area contributed by atoms with Crippen molar-refractivity contribution in [1.29, 1.82) is 0 Å². The maximum atomic E-state index is 12.3. The molecule has 5 nitrogen and oxygen atoms in total. The van der Waals surface area contributed by atoms with Crippen molar-refractivity contribution in [3.05, 3.63) is 54.1 Å². The lowest BCUT2D eigenvalue weighted by molar-refractivity contribution is -0.137. The van der Waals surface area contributed by atoms with E-state index in [1.54, 1.807) is 17.8 Å². The number of amides is 2. The Morgan fingerprint density at radius 2 is 1.96 bits per heavy atom. The highest BCUT2D eigenvalue weighted by atomic mass is 32.2. The number of thioether (sulfide) groups is 1. The van der Waals surface area contributed by atoms with Crippen molar-refractivity contribution in [3.8, 4) is 0 Å². The summed E-state index contributed by atoms with van der Waals surface area (Å²) in [6.07, 6.45) is 8.50. The van der Waals surface area contributed by atoms with Crippen LogP contribution in [0.25, 0.3) is 0 Å². The zero-order valence-electron chi connectivity index (χ0n) is 13.6. The van der Waals surface area contributed by atoms with Gasteiger partial charge in [-0.3, -0.25) is 19.7 Å². The molecule has 1 aliphatic heterocycles. The Hall–Kier alpha value is -2.34. The molecule has 2 N–H and O–H groups in total. The normalized spacial score (nSPS) is 24.2. The Balaban J connectivity index is 1.58. The van der Waals surface area contributed by atoms with E-state index in [0.717, 1.165) is 10.5 Å². The number of fused-ring (bicyclic) bond motifs is 1. The smallest absolute Gasteiger partial charge is 0.303 e. The average Bonchev–Trinajstić information content (AvgIpc) is 2.85. The molecule has 6 heteroatoms. The van der Waals surface area contributed by atoms with E-state index in [2.05, 4.69) is 5.32 Å². The lowest BCUT2D eigenvalue weighted by Crippen LogP contribution is -2.34. The van der Waals surface area contributed by atoms with Crippen molar-refractivity contribution in [2.75, 3.05) is 5.75 Å². The summed E-state index contributed by atoms with van der Waals surface area (Å²) < 4.78 is 0. The molecular formula is C19H19NO4S. The van der Waals surface area contributed by atoms with Gasteiger partial charge in [-0.1, -0.05) is 36.4 Å². The van der Waals surface area contributed by atoms with E-state index in [9.17, 15) is 14.4 Å². The lowest BCUT2D eigenvalue weighted by Gasteiger charge is -2.28. The summed E-state index contributed by atoms with van der Waals surface area (Å²) in [6, 6.07) is 7.80. The van der Waals surface area contributed by atoms with Crippen LogP contribution in [0.2, 0.25) is 0 Å². The van der Waals surface area contributed by atoms with Crippen LogP contribution < -0.4 is 5.32 Å². The van der Waals surface area contributed by atoms with Gasteiger partial charge >= 0.3 is 5.97 Å². The molecule has 0 aromatic heterocycles. The highest BCUT2D eigenvalue weighted by molar-refractivity contribution is 7.99. The first kappa shape index (κ1) is 17.5. The third-order valence-corrected chi connectivity index (χ3v) is 5.65. The number of rotatable bonds is 7. The zero-order valence-corrected chi connectivity index (χ0v) is 14.4. The van der Waals surface area contributed by atoms with Gasteiger partial charge < -0.3 is 5.11 Å². The van der Waals surface area contributed by atoms with Crippen molar-refractivity contribution in [1.82, 2.24) is 5.32 Å². The predicted molar refractivity (Wildman–Crippen MR) is 95.1 cm³/mol. The standard InChI is InChI=1S/C19H19NO4S/c21-16(22)9-6-13-4-7-14(8-5-13)25-12-11-19-10-2-1-3-15(19)17(23)20-18(19)24/h1-5,7-8,10,15H,6,9,11-12H2,(H,21,22)(H,20,23,24). The maximum absolute atomic E-state index is 12.3. The highest BCUT2D eigenvalue weighted by Gasteiger charge is 2.52. The number of hydrogen-bond donors (Lipinski definition) is 2. The van der Waals surface area contributed by atoms with Crippen LogP contribution >= 0.6 is 11.8 Å². The fourth-order valence-corrected chi connectivity index (χ4v) is 4.22. The maximum Gasteiger partial charge on any atom is 0.303 e. The number of imide groups is 1. The number of carboxylic acids is 1. The van der Waals surface area contributed by atoms with Crippen LogP contribution in [0.5, 0.6) is 0 Å². The molecule has 2 amide bonds. The van der Waals surface area contributed by atoms with Crippen LogP contribution in [-0.4, -0.2) is 28.6 Å². The summed E-state index contributed by atoms with van der Waals surface area (Å²) in [5.74, 6) is -0.939. The number of carbonyl (C=O) groups is 3. The molecule has 1 saturated heterocycles. The molecule has 1 aromatic carbocycles. The van der Waals surface area contributed by atoms with E-state index in [0.29, 0.717) is 18.6 Å². The van der Waals surface area contributed by atoms with Crippen molar-refractivity contribution >= 4 is 29.5 Å². The van der Waals surface area contributed by atoms with Gasteiger partial charge in [0.15, 0.2) is 0 Å². The molecule has 1 aliphatic carbocycles. The minimum atomic E-state index is -0.800. The van der Waals surface area contributed by atoms with E-state index < -0.39 is 17.3 Å². The number of carboxylic acid groups (broad SMARTS) is 1. The Morgan fingerprint density at radius 3 is 2.68 bits per heavy atom. The number of allylic oxidation sites excluding steroid dienone is 2. The minimum absolute atomic E-state index is 0.124. The van der Waals surface area contributed by atoms with E-state index in [4.69, 9.17) is 5.11 Å². The first-order valence-corrected chi connectivity index (χ1v) is 9.15. The molecule has 1 aromatic rings. The third-order valence-electron chi connectivity index (χ3n) is 4.64. The molecule has 25 heavy (non-hydrogen) atoms. The van der Waals surface area contributed by atoms with Crippen molar-refractivity contribution in [2.24, 2.45) is 11.3 Å². The second-order valence-corrected chi connectivity index (χ2v) is 7.38. The molecule has 0 radical (unpaired) electrons. The summed E-state index contributed by atoms with van der Waals surface area (Å²) in [5.41, 5.74) is 0.229. The van der Waals surface area contributed by atoms with Gasteiger partial charge in [0, 0.05) is 11.3 Å².